The average Bonchev–Trinajstić information content (AvgIpc) is 0.811. The van der Waals surface area contributed by atoms with E-state index in [-0.39, 0.29) is 152 Å². The van der Waals surface area contributed by atoms with Gasteiger partial charge in [-0.1, -0.05) is 0 Å². The normalized spacial score (nSPS) is 1.60. The van der Waals surface area contributed by atoms with Crippen LogP contribution in [0.25, 0.3) is 0 Å². The largest absolute Gasteiger partial charge is 1.00 e. The summed E-state index contributed by atoms with van der Waals surface area (Å²) < 4.78 is 8.52. The molecule has 0 heterocycles. The molecule has 0 fully saturated rings. The van der Waals surface area contributed by atoms with Gasteiger partial charge in [-0.15, -0.1) is 0 Å². The molecule has 15 heavy (non-hydrogen) atoms. The van der Waals surface area contributed by atoms with Crippen LogP contribution in [0.2, 0.25) is 0 Å². The van der Waals surface area contributed by atoms with Crippen molar-refractivity contribution in [2.24, 2.45) is 0 Å². The van der Waals surface area contributed by atoms with Crippen LogP contribution in [0.15, 0.2) is 0 Å². The summed E-state index contributed by atoms with van der Waals surface area (Å²) in [6.07, 6.45) is 0. The van der Waals surface area contributed by atoms with Crippen LogP contribution in [0.5, 0.6) is 0 Å². The predicted molar refractivity (Wildman–Crippen MR) is 39.0 cm³/mol. The molecule has 0 saturated heterocycles. The van der Waals surface area contributed by atoms with E-state index in [9.17, 15) is 0 Å². The average molecular weight is 316 g/mol. The van der Waals surface area contributed by atoms with Gasteiger partial charge in [0.2, 0.25) is 0 Å². The van der Waals surface area contributed by atoms with Gasteiger partial charge in [-0.2, -0.15) is 0 Å². The van der Waals surface area contributed by atoms with Crippen LogP contribution in [0.3, 0.4) is 0 Å². The Kier molecular flexibility index (Phi) is 1360. The van der Waals surface area contributed by atoms with E-state index >= 15 is 0 Å². The van der Waals surface area contributed by atoms with Gasteiger partial charge in [-0.25, -0.2) is 0 Å². The van der Waals surface area contributed by atoms with Gasteiger partial charge in [0.1, 0.15) is 0 Å². The van der Waals surface area contributed by atoms with Crippen molar-refractivity contribution in [1.82, 2.24) is 0 Å². The minimum absolute atomic E-state index is 0. The monoisotopic (exact) mass is 316 g/mol. The van der Waals surface area contributed by atoms with Crippen molar-refractivity contribution in [2.75, 3.05) is 0 Å². The SMILES string of the molecule is O.O.O.O.O.O.O.O.O.O=[Si]([O-])[O-].[K+].[K+]. The molecule has 15 heteroatoms. The third-order valence-corrected chi connectivity index (χ3v) is 0. The van der Waals surface area contributed by atoms with Gasteiger partial charge in [-0.05, 0) is 0 Å². The molecular weight excluding hydrogens is 298 g/mol. The first-order valence-electron chi connectivity index (χ1n) is 0.612. The third kappa shape index (κ3) is 545. The summed E-state index contributed by atoms with van der Waals surface area (Å²) >= 11 is 0. The molecule has 0 atom stereocenters. The molecule has 0 saturated carbocycles. The van der Waals surface area contributed by atoms with Crippen molar-refractivity contribution in [3.05, 3.63) is 0 Å². The summed E-state index contributed by atoms with van der Waals surface area (Å²) in [4.78, 5) is 17.0. The maximum atomic E-state index is 8.52. The molecule has 0 bridgehead atoms. The molecular formula is H18K2O12Si. The van der Waals surface area contributed by atoms with Crippen molar-refractivity contribution in [2.45, 2.75) is 0 Å². The van der Waals surface area contributed by atoms with Gasteiger partial charge in [0.25, 0.3) is 0 Å². The van der Waals surface area contributed by atoms with Gasteiger partial charge in [-0.3, -0.25) is 0 Å². The first-order valence-corrected chi connectivity index (χ1v) is 1.84. The van der Waals surface area contributed by atoms with Crippen LogP contribution in [-0.2, 0) is 4.46 Å². The maximum Gasteiger partial charge on any atom is 1.00 e. The molecule has 0 aromatic rings. The summed E-state index contributed by atoms with van der Waals surface area (Å²) in [7, 11) is -3.63. The van der Waals surface area contributed by atoms with Crippen molar-refractivity contribution < 1.29 is 166 Å². The van der Waals surface area contributed by atoms with Crippen LogP contribution < -0.4 is 112 Å². The molecule has 18 N–H and O–H groups in total. The summed E-state index contributed by atoms with van der Waals surface area (Å²) in [6.45, 7) is 0. The Morgan fingerprint density at radius 1 is 0.533 bits per heavy atom. The fourth-order valence-corrected chi connectivity index (χ4v) is 0. The second-order valence-corrected chi connectivity index (χ2v) is 0.750. The quantitative estimate of drug-likeness (QED) is 0.392. The first-order chi connectivity index (χ1) is 1.73. The fraction of sp³-hybridized carbons (Fsp3) is 0. The van der Waals surface area contributed by atoms with E-state index in [1.54, 1.807) is 0 Å². The maximum absolute atomic E-state index is 8.52. The van der Waals surface area contributed by atoms with Crippen LogP contribution in [0.4, 0.5) is 0 Å². The van der Waals surface area contributed by atoms with E-state index < -0.39 is 9.17 Å². The zero-order valence-corrected chi connectivity index (χ0v) is 15.5. The predicted octanol–water partition coefficient (Wildman–Crippen LogP) is -16.3. The Balaban J connectivity index is -0.000000000818. The molecule has 0 aromatic heterocycles. The molecule has 0 radical (unpaired) electrons. The van der Waals surface area contributed by atoms with E-state index in [2.05, 4.69) is 0 Å². The van der Waals surface area contributed by atoms with Gasteiger partial charge >= 0.3 is 103 Å². The number of hydrogen-bond acceptors (Lipinski definition) is 3. The summed E-state index contributed by atoms with van der Waals surface area (Å²) in [5.74, 6) is 0. The minimum Gasteiger partial charge on any atom is -0.672 e. The zero-order chi connectivity index (χ0) is 3.58. The Labute approximate surface area is 172 Å². The van der Waals surface area contributed by atoms with Gasteiger partial charge in [0, 0.05) is 9.17 Å². The minimum atomic E-state index is -3.63. The smallest absolute Gasteiger partial charge is 0.672 e. The van der Waals surface area contributed by atoms with E-state index in [0.717, 1.165) is 0 Å². The van der Waals surface area contributed by atoms with Crippen LogP contribution in [0.1, 0.15) is 0 Å². The molecule has 0 spiro atoms. The second kappa shape index (κ2) is 130. The number of hydrogen-bond donors (Lipinski definition) is 0. The van der Waals surface area contributed by atoms with Gasteiger partial charge in [0.05, 0.1) is 0 Å². The third-order valence-electron chi connectivity index (χ3n) is 0. The van der Waals surface area contributed by atoms with Crippen molar-refractivity contribution in [3.63, 3.8) is 0 Å². The molecule has 96 valence electrons. The standard InChI is InChI=1S/2K.O3Si.9H2O/c;;1-4(2)3;;;;;;;;;/h;;;9*1H2/q2*+1;-2;;;;;;;;;. The summed E-state index contributed by atoms with van der Waals surface area (Å²) in [6, 6.07) is 0. The zero-order valence-electron chi connectivity index (χ0n) is 8.22. The van der Waals surface area contributed by atoms with Crippen molar-refractivity contribution in [3.8, 4) is 0 Å². The Morgan fingerprint density at radius 2 is 0.533 bits per heavy atom. The first kappa shape index (κ1) is 157. The van der Waals surface area contributed by atoms with E-state index in [0.29, 0.717) is 0 Å². The van der Waals surface area contributed by atoms with Crippen molar-refractivity contribution >= 4 is 9.17 Å². The van der Waals surface area contributed by atoms with Crippen LogP contribution >= 0.6 is 0 Å². The molecule has 0 aromatic carbocycles. The Morgan fingerprint density at radius 3 is 0.533 bits per heavy atom. The molecule has 0 rings (SSSR count). The fourth-order valence-electron chi connectivity index (χ4n) is 0. The van der Waals surface area contributed by atoms with E-state index in [1.807, 2.05) is 0 Å². The number of rotatable bonds is 0. The van der Waals surface area contributed by atoms with Gasteiger partial charge in [0.15, 0.2) is 0 Å². The Bertz CT molecular complexity index is 36.6. The molecule has 0 aliphatic rings. The van der Waals surface area contributed by atoms with E-state index in [4.69, 9.17) is 14.1 Å². The second-order valence-electron chi connectivity index (χ2n) is 0.250. The molecule has 0 aliphatic heterocycles. The molecule has 0 aliphatic carbocycles. The molecule has 12 nitrogen and oxygen atoms in total. The molecule has 0 amide bonds. The van der Waals surface area contributed by atoms with E-state index in [1.165, 1.54) is 0 Å². The van der Waals surface area contributed by atoms with Crippen LogP contribution in [0, 0.1) is 0 Å². The van der Waals surface area contributed by atoms with Crippen LogP contribution in [-0.4, -0.2) is 58.5 Å². The topological polar surface area (TPSA) is 347 Å². The summed E-state index contributed by atoms with van der Waals surface area (Å²) in [5, 5.41) is 0. The Hall–Kier alpha value is 2.53. The van der Waals surface area contributed by atoms with Crippen molar-refractivity contribution in [1.29, 1.82) is 0 Å². The molecule has 0 unspecified atom stereocenters. The van der Waals surface area contributed by atoms with Gasteiger partial charge < -0.3 is 63.3 Å². The summed E-state index contributed by atoms with van der Waals surface area (Å²) in [5.41, 5.74) is 0.